The van der Waals surface area contributed by atoms with Crippen LogP contribution in [-0.4, -0.2) is 27.2 Å². The fourth-order valence-corrected chi connectivity index (χ4v) is 3.47. The number of ether oxygens (including phenoxy) is 1. The van der Waals surface area contributed by atoms with Crippen LogP contribution in [0.25, 0.3) is 0 Å². The van der Waals surface area contributed by atoms with Gasteiger partial charge in [-0.3, -0.25) is 4.90 Å². The molecular weight excluding hydrogens is 386 g/mol. The van der Waals surface area contributed by atoms with Crippen molar-refractivity contribution in [2.24, 2.45) is 0 Å². The van der Waals surface area contributed by atoms with Gasteiger partial charge in [-0.1, -0.05) is 66.7 Å². The number of phenols is 1. The molecule has 4 heteroatoms. The van der Waals surface area contributed by atoms with Gasteiger partial charge in [-0.15, -0.1) is 0 Å². The molecule has 0 heterocycles. The molecule has 3 rings (SSSR count). The Hall–Kier alpha value is -2.66. The minimum Gasteiger partial charge on any atom is -0.508 e. The van der Waals surface area contributed by atoms with Gasteiger partial charge in [0.2, 0.25) is 0 Å². The smallest absolute Gasteiger partial charge is 0.121 e. The Morgan fingerprint density at radius 1 is 0.839 bits per heavy atom. The molecule has 0 aliphatic rings. The topological polar surface area (TPSA) is 52.9 Å². The lowest BCUT2D eigenvalue weighted by molar-refractivity contribution is 0.0520. The maximum Gasteiger partial charge on any atom is 0.121 e. The van der Waals surface area contributed by atoms with E-state index in [1.165, 1.54) is 5.56 Å². The third kappa shape index (κ3) is 6.93. The van der Waals surface area contributed by atoms with Crippen LogP contribution in [0.15, 0.2) is 78.9 Å². The second-order valence-corrected chi connectivity index (χ2v) is 8.92. The molecule has 164 valence electrons. The highest BCUT2D eigenvalue weighted by Gasteiger charge is 2.25. The first-order chi connectivity index (χ1) is 14.8. The van der Waals surface area contributed by atoms with Crippen LogP contribution in [0.4, 0.5) is 0 Å². The summed E-state index contributed by atoms with van der Waals surface area (Å²) in [6.45, 7) is 8.48. The number of phenolic OH excluding ortho intramolecular Hbond substituents is 1. The first-order valence-electron chi connectivity index (χ1n) is 10.7. The van der Waals surface area contributed by atoms with Gasteiger partial charge in [0.15, 0.2) is 0 Å². The van der Waals surface area contributed by atoms with Gasteiger partial charge in [0.05, 0.1) is 19.3 Å². The molecule has 0 aliphatic carbocycles. The molecule has 31 heavy (non-hydrogen) atoms. The van der Waals surface area contributed by atoms with E-state index in [1.54, 1.807) is 12.1 Å². The average molecular weight is 420 g/mol. The molecule has 0 saturated carbocycles. The second kappa shape index (κ2) is 10.6. The number of nitrogens with zero attached hydrogens (tertiary/aromatic N) is 1. The summed E-state index contributed by atoms with van der Waals surface area (Å²) in [5.74, 6) is 0.181. The number of hydrogen-bond acceptors (Lipinski definition) is 4. The number of aromatic hydroxyl groups is 1. The normalized spacial score (nSPS) is 12.8. The molecule has 0 aromatic heterocycles. The summed E-state index contributed by atoms with van der Waals surface area (Å²) in [5, 5.41) is 21.2. The molecule has 0 spiro atoms. The molecule has 0 fully saturated rings. The number of benzene rings is 3. The zero-order chi connectivity index (χ0) is 22.3. The molecule has 0 aliphatic heterocycles. The molecule has 0 bridgehead atoms. The molecule has 1 unspecified atom stereocenters. The number of hydrogen-bond donors (Lipinski definition) is 2. The molecule has 3 aromatic carbocycles. The zero-order valence-corrected chi connectivity index (χ0v) is 18.7. The summed E-state index contributed by atoms with van der Waals surface area (Å²) in [6, 6.07) is 25.5. The minimum absolute atomic E-state index is 0.102. The van der Waals surface area contributed by atoms with E-state index in [1.807, 2.05) is 54.6 Å². The number of rotatable bonds is 9. The lowest BCUT2D eigenvalue weighted by Gasteiger charge is -2.37. The van der Waals surface area contributed by atoms with Crippen molar-refractivity contribution in [3.05, 3.63) is 101 Å². The van der Waals surface area contributed by atoms with Crippen LogP contribution >= 0.6 is 0 Å². The monoisotopic (exact) mass is 419 g/mol. The van der Waals surface area contributed by atoms with Crippen LogP contribution < -0.4 is 0 Å². The van der Waals surface area contributed by atoms with E-state index < -0.39 is 6.10 Å². The van der Waals surface area contributed by atoms with Gasteiger partial charge < -0.3 is 14.9 Å². The van der Waals surface area contributed by atoms with Crippen LogP contribution in [0.1, 0.15) is 49.1 Å². The fraction of sp³-hybridized carbons (Fsp3) is 0.333. The van der Waals surface area contributed by atoms with E-state index in [4.69, 9.17) is 4.74 Å². The first-order valence-corrected chi connectivity index (χ1v) is 10.7. The highest BCUT2D eigenvalue weighted by molar-refractivity contribution is 5.36. The molecule has 2 N–H and O–H groups in total. The maximum absolute atomic E-state index is 11.0. The van der Waals surface area contributed by atoms with Gasteiger partial charge in [-0.05, 0) is 49.6 Å². The van der Waals surface area contributed by atoms with Crippen molar-refractivity contribution in [3.63, 3.8) is 0 Å². The molecule has 3 aromatic rings. The van der Waals surface area contributed by atoms with Gasteiger partial charge in [-0.2, -0.15) is 0 Å². The van der Waals surface area contributed by atoms with Gasteiger partial charge in [0, 0.05) is 24.2 Å². The van der Waals surface area contributed by atoms with E-state index in [0.29, 0.717) is 18.7 Å². The fourth-order valence-electron chi connectivity index (χ4n) is 3.47. The predicted molar refractivity (Wildman–Crippen MR) is 125 cm³/mol. The number of aliphatic hydroxyl groups is 1. The van der Waals surface area contributed by atoms with Crippen molar-refractivity contribution in [2.45, 2.75) is 52.2 Å². The lowest BCUT2D eigenvalue weighted by Crippen LogP contribution is -2.43. The van der Waals surface area contributed by atoms with Crippen molar-refractivity contribution in [3.8, 4) is 5.75 Å². The standard InChI is InChI=1S/C27H33NO3/c1-27(2,3)28(17-21-10-6-4-7-11-21)18-26(30)23-14-15-25(29)24(16-23)20-31-19-22-12-8-5-9-13-22/h4-16,26,29-30H,17-20H2,1-3H3. The Balaban J connectivity index is 1.66. The molecule has 0 amide bonds. The predicted octanol–water partition coefficient (Wildman–Crippen LogP) is 5.44. The SMILES string of the molecule is CC(C)(C)N(Cc1ccccc1)CC(O)c1ccc(O)c(COCc2ccccc2)c1. The maximum atomic E-state index is 11.0. The zero-order valence-electron chi connectivity index (χ0n) is 18.7. The summed E-state index contributed by atoms with van der Waals surface area (Å²) in [7, 11) is 0. The third-order valence-corrected chi connectivity index (χ3v) is 5.42. The van der Waals surface area contributed by atoms with E-state index in [2.05, 4.69) is 37.8 Å². The van der Waals surface area contributed by atoms with E-state index >= 15 is 0 Å². The third-order valence-electron chi connectivity index (χ3n) is 5.42. The quantitative estimate of drug-likeness (QED) is 0.485. The number of β-amino-alcohol motifs (C(OH)–C–C–N with tert-alkyl or cyclic N) is 1. The summed E-state index contributed by atoms with van der Waals surface area (Å²) in [4.78, 5) is 2.27. The highest BCUT2D eigenvalue weighted by Crippen LogP contribution is 2.27. The van der Waals surface area contributed by atoms with Gasteiger partial charge in [0.25, 0.3) is 0 Å². The Labute approximate surface area is 185 Å². The van der Waals surface area contributed by atoms with Crippen LogP contribution in [0.2, 0.25) is 0 Å². The number of aliphatic hydroxyl groups excluding tert-OH is 1. The van der Waals surface area contributed by atoms with Crippen LogP contribution in [0, 0.1) is 0 Å². The minimum atomic E-state index is -0.670. The van der Waals surface area contributed by atoms with E-state index in [-0.39, 0.29) is 17.9 Å². The molecule has 0 radical (unpaired) electrons. The largest absolute Gasteiger partial charge is 0.508 e. The first kappa shape index (κ1) is 23.0. The van der Waals surface area contributed by atoms with Crippen molar-refractivity contribution >= 4 is 0 Å². The highest BCUT2D eigenvalue weighted by atomic mass is 16.5. The second-order valence-electron chi connectivity index (χ2n) is 8.92. The molecule has 1 atom stereocenters. The van der Waals surface area contributed by atoms with Gasteiger partial charge in [0.1, 0.15) is 5.75 Å². The van der Waals surface area contributed by atoms with Gasteiger partial charge >= 0.3 is 0 Å². The summed E-state index contributed by atoms with van der Waals surface area (Å²) >= 11 is 0. The van der Waals surface area contributed by atoms with Crippen molar-refractivity contribution < 1.29 is 14.9 Å². The Bertz CT molecular complexity index is 936. The summed E-state index contributed by atoms with van der Waals surface area (Å²) < 4.78 is 5.78. The van der Waals surface area contributed by atoms with Crippen molar-refractivity contribution in [1.29, 1.82) is 0 Å². The Morgan fingerprint density at radius 3 is 2.06 bits per heavy atom. The molecule has 0 saturated heterocycles. The van der Waals surface area contributed by atoms with Crippen LogP contribution in [0.3, 0.4) is 0 Å². The van der Waals surface area contributed by atoms with Crippen molar-refractivity contribution in [1.82, 2.24) is 4.90 Å². The molecule has 4 nitrogen and oxygen atoms in total. The molecular formula is C27H33NO3. The van der Waals surface area contributed by atoms with Crippen molar-refractivity contribution in [2.75, 3.05) is 6.54 Å². The van der Waals surface area contributed by atoms with E-state index in [0.717, 1.165) is 17.7 Å². The van der Waals surface area contributed by atoms with Gasteiger partial charge in [-0.25, -0.2) is 0 Å². The summed E-state index contributed by atoms with van der Waals surface area (Å²) in [6.07, 6.45) is -0.670. The Morgan fingerprint density at radius 2 is 1.45 bits per heavy atom. The average Bonchev–Trinajstić information content (AvgIpc) is 2.75. The van der Waals surface area contributed by atoms with Crippen LogP contribution in [0.5, 0.6) is 5.75 Å². The van der Waals surface area contributed by atoms with E-state index in [9.17, 15) is 10.2 Å². The van der Waals surface area contributed by atoms with Crippen LogP contribution in [-0.2, 0) is 24.5 Å². The lowest BCUT2D eigenvalue weighted by atomic mass is 10.0. The summed E-state index contributed by atoms with van der Waals surface area (Å²) in [5.41, 5.74) is 3.65. The Kier molecular flexibility index (Phi) is 7.85.